The molecule has 0 bridgehead atoms. The van der Waals surface area contributed by atoms with Crippen molar-refractivity contribution in [3.05, 3.63) is 79.3 Å². The number of nitrogens with zero attached hydrogens (tertiary/aromatic N) is 5. The van der Waals surface area contributed by atoms with Gasteiger partial charge in [0.15, 0.2) is 11.0 Å². The summed E-state index contributed by atoms with van der Waals surface area (Å²) in [5.41, 5.74) is 3.03. The minimum atomic E-state index is 0.671. The van der Waals surface area contributed by atoms with Crippen molar-refractivity contribution in [2.45, 2.75) is 17.5 Å². The molecule has 4 aromatic rings. The fourth-order valence-electron chi connectivity index (χ4n) is 2.69. The number of benzene rings is 1. The predicted octanol–water partition coefficient (Wildman–Crippen LogP) is 4.07. The van der Waals surface area contributed by atoms with Gasteiger partial charge in [0, 0.05) is 30.3 Å². The van der Waals surface area contributed by atoms with Crippen LogP contribution < -0.4 is 0 Å². The second-order valence-electron chi connectivity index (χ2n) is 5.56. The fourth-order valence-corrected chi connectivity index (χ4v) is 3.52. The van der Waals surface area contributed by atoms with Crippen LogP contribution >= 0.6 is 11.8 Å². The molecule has 0 saturated carbocycles. The smallest absolute Gasteiger partial charge is 0.192 e. The molecule has 0 atom stereocenters. The molecule has 4 rings (SSSR count). The van der Waals surface area contributed by atoms with Crippen LogP contribution in [-0.4, -0.2) is 24.1 Å². The summed E-state index contributed by atoms with van der Waals surface area (Å²) in [5.74, 6) is 1.60. The summed E-state index contributed by atoms with van der Waals surface area (Å²) in [6.07, 6.45) is 5.92. The molecule has 0 unspecified atom stereocenters. The van der Waals surface area contributed by atoms with Crippen molar-refractivity contribution in [1.82, 2.24) is 24.1 Å². The first-order chi connectivity index (χ1) is 12.3. The van der Waals surface area contributed by atoms with E-state index in [-0.39, 0.29) is 0 Å². The summed E-state index contributed by atoms with van der Waals surface area (Å²) < 4.78 is 4.11. The van der Waals surface area contributed by atoms with Crippen LogP contribution in [0.5, 0.6) is 0 Å². The van der Waals surface area contributed by atoms with Gasteiger partial charge in [0.2, 0.25) is 0 Å². The third-order valence-corrected chi connectivity index (χ3v) is 4.82. The summed E-state index contributed by atoms with van der Waals surface area (Å²) in [5, 5.41) is 9.62. The van der Waals surface area contributed by atoms with Crippen molar-refractivity contribution in [3.63, 3.8) is 0 Å². The highest BCUT2D eigenvalue weighted by Crippen LogP contribution is 2.26. The lowest BCUT2D eigenvalue weighted by atomic mass is 10.2. The summed E-state index contributed by atoms with van der Waals surface area (Å²) in [4.78, 5) is 4.63. The maximum atomic E-state index is 4.63. The number of rotatable bonds is 6. The Morgan fingerprint density at radius 2 is 1.88 bits per heavy atom. The number of pyridine rings is 1. The number of thioether (sulfide) groups is 1. The predicted molar refractivity (Wildman–Crippen MR) is 100 cm³/mol. The molecule has 6 heteroatoms. The molecule has 25 heavy (non-hydrogen) atoms. The van der Waals surface area contributed by atoms with Crippen molar-refractivity contribution < 1.29 is 0 Å². The summed E-state index contributed by atoms with van der Waals surface area (Å²) in [6, 6.07) is 16.1. The Morgan fingerprint density at radius 3 is 2.68 bits per heavy atom. The van der Waals surface area contributed by atoms with E-state index in [0.717, 1.165) is 33.6 Å². The fraction of sp³-hybridized carbons (Fsp3) is 0.105. The maximum Gasteiger partial charge on any atom is 0.192 e. The van der Waals surface area contributed by atoms with E-state index in [1.165, 1.54) is 0 Å². The third-order valence-electron chi connectivity index (χ3n) is 3.82. The average Bonchev–Trinajstić information content (AvgIpc) is 3.24. The average molecular weight is 347 g/mol. The minimum Gasteiger partial charge on any atom is -0.307 e. The van der Waals surface area contributed by atoms with Crippen molar-refractivity contribution in [2.75, 3.05) is 0 Å². The lowest BCUT2D eigenvalue weighted by molar-refractivity contribution is 0.731. The van der Waals surface area contributed by atoms with Gasteiger partial charge in [-0.1, -0.05) is 54.2 Å². The molecule has 0 fully saturated rings. The molecule has 0 saturated heterocycles. The Hall–Kier alpha value is -2.86. The van der Waals surface area contributed by atoms with Crippen LogP contribution in [0.2, 0.25) is 0 Å². The molecule has 124 valence electrons. The molecular weight excluding hydrogens is 330 g/mol. The molecule has 0 aliphatic rings. The number of hydrogen-bond acceptors (Lipinski definition) is 4. The highest BCUT2D eigenvalue weighted by Gasteiger charge is 2.14. The summed E-state index contributed by atoms with van der Waals surface area (Å²) in [6.45, 7) is 4.53. The van der Waals surface area contributed by atoms with Crippen LogP contribution in [0.3, 0.4) is 0 Å². The van der Waals surface area contributed by atoms with Gasteiger partial charge in [-0.2, -0.15) is 0 Å². The van der Waals surface area contributed by atoms with Gasteiger partial charge in [-0.25, -0.2) is 4.98 Å². The molecule has 3 aromatic heterocycles. The standard InChI is InChI=1S/C19H17N5S/c1-2-11-24-18(15-8-4-3-5-9-15)21-22-19(24)25-14-16-13-23-12-7-6-10-17(23)20-16/h2-10,12-13H,1,11,14H2. The van der Waals surface area contributed by atoms with Gasteiger partial charge in [0.05, 0.1) is 5.69 Å². The Balaban J connectivity index is 1.59. The second kappa shape index (κ2) is 6.94. The number of hydrogen-bond donors (Lipinski definition) is 0. The Kier molecular flexibility index (Phi) is 4.35. The molecular formula is C19H17N5S. The van der Waals surface area contributed by atoms with Crippen LogP contribution in [-0.2, 0) is 12.3 Å². The number of aromatic nitrogens is 5. The molecule has 0 amide bonds. The maximum absolute atomic E-state index is 4.63. The van der Waals surface area contributed by atoms with E-state index in [2.05, 4.69) is 32.5 Å². The molecule has 0 N–H and O–H groups in total. The van der Waals surface area contributed by atoms with Gasteiger partial charge in [-0.15, -0.1) is 16.8 Å². The monoisotopic (exact) mass is 347 g/mol. The zero-order valence-electron chi connectivity index (χ0n) is 13.6. The van der Waals surface area contributed by atoms with Gasteiger partial charge >= 0.3 is 0 Å². The zero-order chi connectivity index (χ0) is 17.1. The molecule has 5 nitrogen and oxygen atoms in total. The third kappa shape index (κ3) is 3.21. The Bertz CT molecular complexity index is 970. The quantitative estimate of drug-likeness (QED) is 0.390. The largest absolute Gasteiger partial charge is 0.307 e. The topological polar surface area (TPSA) is 48.0 Å². The lowest BCUT2D eigenvalue weighted by Crippen LogP contribution is -2.00. The van der Waals surface area contributed by atoms with Crippen molar-refractivity contribution >= 4 is 17.4 Å². The van der Waals surface area contributed by atoms with E-state index in [1.54, 1.807) is 11.8 Å². The number of fused-ring (bicyclic) bond motifs is 1. The van der Waals surface area contributed by atoms with Gasteiger partial charge in [0.1, 0.15) is 5.65 Å². The lowest BCUT2D eigenvalue weighted by Gasteiger charge is -2.07. The van der Waals surface area contributed by atoms with E-state index in [0.29, 0.717) is 6.54 Å². The van der Waals surface area contributed by atoms with E-state index in [9.17, 15) is 0 Å². The second-order valence-corrected chi connectivity index (χ2v) is 6.50. The molecule has 3 heterocycles. The highest BCUT2D eigenvalue weighted by atomic mass is 32.2. The van der Waals surface area contributed by atoms with E-state index < -0.39 is 0 Å². The molecule has 1 aromatic carbocycles. The van der Waals surface area contributed by atoms with Crippen LogP contribution in [0.4, 0.5) is 0 Å². The van der Waals surface area contributed by atoms with Crippen molar-refractivity contribution in [2.24, 2.45) is 0 Å². The minimum absolute atomic E-state index is 0.671. The normalized spacial score (nSPS) is 11.0. The molecule has 0 spiro atoms. The van der Waals surface area contributed by atoms with E-state index in [4.69, 9.17) is 0 Å². The molecule has 0 aliphatic carbocycles. The first-order valence-electron chi connectivity index (χ1n) is 8.00. The van der Waals surface area contributed by atoms with Crippen LogP contribution in [0, 0.1) is 0 Å². The first-order valence-corrected chi connectivity index (χ1v) is 8.98. The van der Waals surface area contributed by atoms with Crippen LogP contribution in [0.25, 0.3) is 17.0 Å². The SMILES string of the molecule is C=CCn1c(SCc2cn3ccccc3n2)nnc1-c1ccccc1. The van der Waals surface area contributed by atoms with E-state index >= 15 is 0 Å². The number of imidazole rings is 1. The molecule has 0 radical (unpaired) electrons. The van der Waals surface area contributed by atoms with E-state index in [1.807, 2.05) is 65.2 Å². The summed E-state index contributed by atoms with van der Waals surface area (Å²) >= 11 is 1.64. The van der Waals surface area contributed by atoms with Crippen molar-refractivity contribution in [1.29, 1.82) is 0 Å². The van der Waals surface area contributed by atoms with Gasteiger partial charge in [0.25, 0.3) is 0 Å². The van der Waals surface area contributed by atoms with Gasteiger partial charge in [-0.05, 0) is 12.1 Å². The Morgan fingerprint density at radius 1 is 1.04 bits per heavy atom. The van der Waals surface area contributed by atoms with Crippen LogP contribution in [0.1, 0.15) is 5.69 Å². The summed E-state index contributed by atoms with van der Waals surface area (Å²) in [7, 11) is 0. The number of allylic oxidation sites excluding steroid dienone is 1. The van der Waals surface area contributed by atoms with Crippen LogP contribution in [0.15, 0.2) is 78.7 Å². The van der Waals surface area contributed by atoms with Crippen molar-refractivity contribution in [3.8, 4) is 11.4 Å². The highest BCUT2D eigenvalue weighted by molar-refractivity contribution is 7.98. The first kappa shape index (κ1) is 15.7. The van der Waals surface area contributed by atoms with Gasteiger partial charge in [-0.3, -0.25) is 4.57 Å². The zero-order valence-corrected chi connectivity index (χ0v) is 14.4. The molecule has 0 aliphatic heterocycles. The van der Waals surface area contributed by atoms with Gasteiger partial charge < -0.3 is 4.40 Å². The Labute approximate surface area is 150 Å².